The van der Waals surface area contributed by atoms with Crippen molar-refractivity contribution in [2.45, 2.75) is 17.0 Å². The van der Waals surface area contributed by atoms with Gasteiger partial charge in [-0.1, -0.05) is 30.3 Å². The lowest BCUT2D eigenvalue weighted by Crippen LogP contribution is -2.64. The van der Waals surface area contributed by atoms with Crippen LogP contribution in [0.1, 0.15) is 0 Å². The largest absolute Gasteiger partial charge is 0.486 e. The van der Waals surface area contributed by atoms with Crippen LogP contribution in [0.3, 0.4) is 0 Å². The van der Waals surface area contributed by atoms with Gasteiger partial charge in [0.2, 0.25) is 10.0 Å². The lowest BCUT2D eigenvalue weighted by molar-refractivity contribution is -0.314. The molecule has 9 heteroatoms. The van der Waals surface area contributed by atoms with Crippen LogP contribution in [0.25, 0.3) is 0 Å². The maximum atomic E-state index is 13.4. The molecule has 0 bridgehead atoms. The molecule has 0 aromatic heterocycles. The molecule has 0 atom stereocenters. The maximum Gasteiger partial charge on any atom is 0.486 e. The van der Waals surface area contributed by atoms with Crippen molar-refractivity contribution in [3.63, 3.8) is 0 Å². The minimum atomic E-state index is -5.14. The highest BCUT2D eigenvalue weighted by Gasteiger charge is 2.66. The van der Waals surface area contributed by atoms with Crippen molar-refractivity contribution in [3.8, 4) is 11.5 Å². The minimum Gasteiger partial charge on any atom is -0.428 e. The zero-order valence-corrected chi connectivity index (χ0v) is 12.2. The van der Waals surface area contributed by atoms with Gasteiger partial charge in [0.05, 0.1) is 4.90 Å². The van der Waals surface area contributed by atoms with Gasteiger partial charge in [-0.15, -0.1) is 4.72 Å². The Morgan fingerprint density at radius 3 is 1.83 bits per heavy atom. The van der Waals surface area contributed by atoms with Crippen LogP contribution in [0.5, 0.6) is 11.5 Å². The number of rotatable bonds is 3. The highest BCUT2D eigenvalue weighted by molar-refractivity contribution is 7.89. The van der Waals surface area contributed by atoms with E-state index in [0.29, 0.717) is 0 Å². The van der Waals surface area contributed by atoms with E-state index in [1.54, 1.807) is 0 Å². The number of para-hydroxylation sites is 2. The van der Waals surface area contributed by atoms with Crippen molar-refractivity contribution in [2.24, 2.45) is 0 Å². The summed E-state index contributed by atoms with van der Waals surface area (Å²) in [6, 6.07) is 12.0. The predicted molar refractivity (Wildman–Crippen MR) is 73.2 cm³/mol. The van der Waals surface area contributed by atoms with Crippen LogP contribution in [-0.4, -0.2) is 20.5 Å². The third-order valence-electron chi connectivity index (χ3n) is 3.05. The Hall–Kier alpha value is -2.26. The molecule has 0 fully saturated rings. The number of fused-ring (bicyclic) bond motifs is 1. The molecule has 0 unspecified atom stereocenters. The number of hydrogen-bond acceptors (Lipinski definition) is 4. The fraction of sp³-hybridized carbons (Fsp3) is 0.143. The molecular formula is C14H10F3NO4S. The Kier molecular flexibility index (Phi) is 3.49. The second-order valence-corrected chi connectivity index (χ2v) is 6.37. The van der Waals surface area contributed by atoms with E-state index in [1.165, 1.54) is 47.2 Å². The van der Waals surface area contributed by atoms with Crippen molar-refractivity contribution >= 4 is 10.0 Å². The third-order valence-corrected chi connectivity index (χ3v) is 4.48. The summed E-state index contributed by atoms with van der Waals surface area (Å²) in [5.41, 5.74) is 0. The van der Waals surface area contributed by atoms with Crippen LogP contribution in [0.2, 0.25) is 0 Å². The average Bonchev–Trinajstić information content (AvgIpc) is 2.86. The number of benzene rings is 2. The number of nitrogens with one attached hydrogen (secondary N) is 1. The van der Waals surface area contributed by atoms with Gasteiger partial charge < -0.3 is 9.47 Å². The number of hydrogen-bond donors (Lipinski definition) is 1. The molecule has 1 aliphatic rings. The fourth-order valence-corrected chi connectivity index (χ4v) is 3.19. The first-order chi connectivity index (χ1) is 10.7. The van der Waals surface area contributed by atoms with Crippen LogP contribution in [0, 0.1) is 0 Å². The van der Waals surface area contributed by atoms with Crippen LogP contribution in [0.15, 0.2) is 59.5 Å². The summed E-state index contributed by atoms with van der Waals surface area (Å²) in [7, 11) is -4.52. The van der Waals surface area contributed by atoms with Gasteiger partial charge in [0.1, 0.15) is 0 Å². The summed E-state index contributed by atoms with van der Waals surface area (Å²) in [6.07, 6.45) is -5.14. The van der Waals surface area contributed by atoms with E-state index in [2.05, 4.69) is 0 Å². The second-order valence-electron chi connectivity index (χ2n) is 4.68. The molecule has 0 aliphatic carbocycles. The smallest absolute Gasteiger partial charge is 0.428 e. The van der Waals surface area contributed by atoms with E-state index < -0.39 is 22.1 Å². The Morgan fingerprint density at radius 2 is 1.35 bits per heavy atom. The second kappa shape index (κ2) is 5.14. The Labute approximate surface area is 129 Å². The molecule has 2 aromatic rings. The van der Waals surface area contributed by atoms with Crippen molar-refractivity contribution < 1.29 is 31.1 Å². The van der Waals surface area contributed by atoms with Gasteiger partial charge in [-0.05, 0) is 24.3 Å². The lowest BCUT2D eigenvalue weighted by Gasteiger charge is -2.29. The Bertz CT molecular complexity index is 796. The number of alkyl halides is 3. The first kappa shape index (κ1) is 15.6. The molecular weight excluding hydrogens is 335 g/mol. The van der Waals surface area contributed by atoms with Gasteiger partial charge in [0.15, 0.2) is 11.5 Å². The van der Waals surface area contributed by atoms with E-state index in [1.807, 2.05) is 0 Å². The van der Waals surface area contributed by atoms with Crippen LogP contribution in [0.4, 0.5) is 13.2 Å². The first-order valence-corrected chi connectivity index (χ1v) is 7.85. The molecule has 122 valence electrons. The van der Waals surface area contributed by atoms with Gasteiger partial charge in [0.25, 0.3) is 0 Å². The Balaban J connectivity index is 2.01. The molecule has 1 aliphatic heterocycles. The average molecular weight is 345 g/mol. The molecule has 3 rings (SSSR count). The van der Waals surface area contributed by atoms with Gasteiger partial charge >= 0.3 is 12.1 Å². The minimum absolute atomic E-state index is 0.208. The molecule has 2 aromatic carbocycles. The van der Waals surface area contributed by atoms with Crippen molar-refractivity contribution in [1.82, 2.24) is 4.72 Å². The predicted octanol–water partition coefficient (Wildman–Crippen LogP) is 2.65. The molecule has 23 heavy (non-hydrogen) atoms. The molecule has 0 amide bonds. The van der Waals surface area contributed by atoms with Gasteiger partial charge in [-0.3, -0.25) is 0 Å². The number of halogens is 3. The summed E-state index contributed by atoms with van der Waals surface area (Å²) < 4.78 is 75.8. The first-order valence-electron chi connectivity index (χ1n) is 6.36. The summed E-state index contributed by atoms with van der Waals surface area (Å²) in [5, 5.41) is 0. The van der Waals surface area contributed by atoms with Crippen LogP contribution >= 0.6 is 0 Å². The molecule has 0 spiro atoms. The standard InChI is InChI=1S/C14H10F3NO4S/c15-13(16,17)14(21-11-8-4-5-9-12(11)22-14)18-23(19,20)10-6-2-1-3-7-10/h1-9,18H. The highest BCUT2D eigenvalue weighted by Crippen LogP contribution is 2.45. The van der Waals surface area contributed by atoms with Gasteiger partial charge in [-0.2, -0.15) is 13.2 Å². The quantitative estimate of drug-likeness (QED) is 0.929. The summed E-state index contributed by atoms with van der Waals surface area (Å²) >= 11 is 0. The number of ether oxygens (including phenoxy) is 2. The molecule has 5 nitrogen and oxygen atoms in total. The summed E-state index contributed by atoms with van der Waals surface area (Å²) in [5.74, 6) is -3.92. The normalized spacial score (nSPS) is 16.3. The maximum absolute atomic E-state index is 13.4. The summed E-state index contributed by atoms with van der Waals surface area (Å²) in [6.45, 7) is 0. The number of sulfonamides is 1. The van der Waals surface area contributed by atoms with Crippen LogP contribution in [-0.2, 0) is 10.0 Å². The monoisotopic (exact) mass is 345 g/mol. The van der Waals surface area contributed by atoms with E-state index >= 15 is 0 Å². The van der Waals surface area contributed by atoms with Gasteiger partial charge in [0, 0.05) is 0 Å². The topological polar surface area (TPSA) is 64.6 Å². The zero-order chi connectivity index (χ0) is 16.7. The van der Waals surface area contributed by atoms with E-state index in [-0.39, 0.29) is 16.4 Å². The SMILES string of the molecule is O=S(=O)(NC1(C(F)(F)F)Oc2ccccc2O1)c1ccccc1. The molecule has 0 saturated heterocycles. The fourth-order valence-electron chi connectivity index (χ4n) is 2.00. The molecule has 0 radical (unpaired) electrons. The Morgan fingerprint density at radius 1 is 0.870 bits per heavy atom. The molecule has 0 saturated carbocycles. The third kappa shape index (κ3) is 2.73. The molecule has 1 heterocycles. The van der Waals surface area contributed by atoms with E-state index in [4.69, 9.17) is 9.47 Å². The van der Waals surface area contributed by atoms with Crippen molar-refractivity contribution in [2.75, 3.05) is 0 Å². The molecule has 1 N–H and O–H groups in total. The van der Waals surface area contributed by atoms with Gasteiger partial charge in [-0.25, -0.2) is 8.42 Å². The zero-order valence-electron chi connectivity index (χ0n) is 11.4. The lowest BCUT2D eigenvalue weighted by atomic mass is 10.3. The van der Waals surface area contributed by atoms with E-state index in [9.17, 15) is 21.6 Å². The highest BCUT2D eigenvalue weighted by atomic mass is 32.2. The summed E-state index contributed by atoms with van der Waals surface area (Å²) in [4.78, 5) is -0.341. The van der Waals surface area contributed by atoms with Crippen LogP contribution < -0.4 is 14.2 Å². The van der Waals surface area contributed by atoms with E-state index in [0.717, 1.165) is 12.1 Å². The van der Waals surface area contributed by atoms with Crippen molar-refractivity contribution in [3.05, 3.63) is 54.6 Å². The van der Waals surface area contributed by atoms with Crippen molar-refractivity contribution in [1.29, 1.82) is 0 Å².